The highest BCUT2D eigenvalue weighted by Gasteiger charge is 2.38. The largest absolute Gasteiger partial charge is 0.444 e. The molecule has 1 aromatic rings. The summed E-state index contributed by atoms with van der Waals surface area (Å²) in [5.74, 6) is 0. The summed E-state index contributed by atoms with van der Waals surface area (Å²) in [5.41, 5.74) is -1.56. The molecule has 150 valence electrons. The monoisotopic (exact) mass is 385 g/mol. The van der Waals surface area contributed by atoms with Crippen molar-refractivity contribution in [2.75, 3.05) is 13.1 Å². The third-order valence-corrected chi connectivity index (χ3v) is 4.68. The fraction of sp³-hybridized carbons (Fsp3) is 0.600. The average molecular weight is 385 g/mol. The zero-order chi connectivity index (χ0) is 20.3. The van der Waals surface area contributed by atoms with Crippen LogP contribution in [0.5, 0.6) is 0 Å². The van der Waals surface area contributed by atoms with Crippen LogP contribution in [0, 0.1) is 5.41 Å². The van der Waals surface area contributed by atoms with Crippen LogP contribution in [0.15, 0.2) is 24.3 Å². The van der Waals surface area contributed by atoms with Crippen LogP contribution < -0.4 is 0 Å². The Hall–Kier alpha value is -2.05. The minimum absolute atomic E-state index is 0.227. The number of alkyl halides is 3. The van der Waals surface area contributed by atoms with Gasteiger partial charge in [-0.05, 0) is 58.1 Å². The number of aldehydes is 1. The first-order chi connectivity index (χ1) is 12.4. The Kier molecular flexibility index (Phi) is 6.22. The van der Waals surface area contributed by atoms with Gasteiger partial charge in [-0.3, -0.25) is 0 Å². The van der Waals surface area contributed by atoms with E-state index in [9.17, 15) is 22.8 Å². The van der Waals surface area contributed by atoms with Crippen molar-refractivity contribution in [2.24, 2.45) is 5.41 Å². The van der Waals surface area contributed by atoms with E-state index in [0.29, 0.717) is 37.8 Å². The number of ether oxygens (including phenoxy) is 1. The molecule has 7 heteroatoms. The lowest BCUT2D eigenvalue weighted by atomic mass is 9.77. The summed E-state index contributed by atoms with van der Waals surface area (Å²) in [5, 5.41) is 0. The Morgan fingerprint density at radius 1 is 1.30 bits per heavy atom. The quantitative estimate of drug-likeness (QED) is 0.696. The summed E-state index contributed by atoms with van der Waals surface area (Å²) in [6.45, 7) is 6.05. The molecule has 1 aromatic carbocycles. The molecular formula is C20H26F3NO3. The lowest BCUT2D eigenvalue weighted by Crippen LogP contribution is -2.48. The van der Waals surface area contributed by atoms with E-state index in [0.717, 1.165) is 18.4 Å². The number of piperidine rings is 1. The van der Waals surface area contributed by atoms with Crippen molar-refractivity contribution < 1.29 is 27.5 Å². The smallest absolute Gasteiger partial charge is 0.416 e. The van der Waals surface area contributed by atoms with Gasteiger partial charge in [-0.2, -0.15) is 13.2 Å². The third kappa shape index (κ3) is 5.97. The normalized spacial score (nSPS) is 21.0. The zero-order valence-electron chi connectivity index (χ0n) is 15.9. The van der Waals surface area contributed by atoms with E-state index in [4.69, 9.17) is 4.74 Å². The molecule has 1 amide bonds. The number of likely N-dealkylation sites (tertiary alicyclic amines) is 1. The summed E-state index contributed by atoms with van der Waals surface area (Å²) >= 11 is 0. The number of hydrogen-bond donors (Lipinski definition) is 0. The fourth-order valence-corrected chi connectivity index (χ4v) is 3.30. The van der Waals surface area contributed by atoms with E-state index < -0.39 is 28.8 Å². The van der Waals surface area contributed by atoms with Gasteiger partial charge in [0.1, 0.15) is 11.9 Å². The van der Waals surface area contributed by atoms with Crippen molar-refractivity contribution in [3.05, 3.63) is 35.4 Å². The number of benzene rings is 1. The summed E-state index contributed by atoms with van der Waals surface area (Å²) in [6.07, 6.45) is -2.03. The Labute approximate surface area is 157 Å². The minimum Gasteiger partial charge on any atom is -0.444 e. The number of nitrogens with zero attached hydrogens (tertiary/aromatic N) is 1. The zero-order valence-corrected chi connectivity index (χ0v) is 15.9. The summed E-state index contributed by atoms with van der Waals surface area (Å²) in [6, 6.07) is 5.15. The van der Waals surface area contributed by atoms with Crippen LogP contribution in [0.4, 0.5) is 18.0 Å². The molecule has 1 unspecified atom stereocenters. The third-order valence-electron chi connectivity index (χ3n) is 4.68. The number of halogens is 3. The lowest BCUT2D eigenvalue weighted by molar-refractivity contribution is -0.137. The minimum atomic E-state index is -4.39. The van der Waals surface area contributed by atoms with Crippen LogP contribution in [-0.4, -0.2) is 36.0 Å². The Morgan fingerprint density at radius 3 is 2.59 bits per heavy atom. The molecule has 0 bridgehead atoms. The molecule has 0 aliphatic carbocycles. The van der Waals surface area contributed by atoms with E-state index in [1.807, 2.05) is 0 Å². The van der Waals surface area contributed by atoms with Crippen LogP contribution in [0.3, 0.4) is 0 Å². The number of aryl methyl sites for hydroxylation is 1. The van der Waals surface area contributed by atoms with Gasteiger partial charge in [0.25, 0.3) is 0 Å². The van der Waals surface area contributed by atoms with Crippen molar-refractivity contribution in [2.45, 2.75) is 58.2 Å². The molecular weight excluding hydrogens is 359 g/mol. The summed E-state index contributed by atoms with van der Waals surface area (Å²) in [7, 11) is 0. The van der Waals surface area contributed by atoms with Gasteiger partial charge in [0.2, 0.25) is 0 Å². The number of rotatable bonds is 4. The molecule has 0 N–H and O–H groups in total. The van der Waals surface area contributed by atoms with Crippen LogP contribution in [0.2, 0.25) is 0 Å². The van der Waals surface area contributed by atoms with Crippen molar-refractivity contribution >= 4 is 12.4 Å². The fourth-order valence-electron chi connectivity index (χ4n) is 3.30. The van der Waals surface area contributed by atoms with Gasteiger partial charge >= 0.3 is 12.3 Å². The van der Waals surface area contributed by atoms with E-state index in [1.54, 1.807) is 26.8 Å². The second-order valence-corrected chi connectivity index (χ2v) is 8.18. The van der Waals surface area contributed by atoms with Crippen LogP contribution in [0.25, 0.3) is 0 Å². The molecule has 1 fully saturated rings. The van der Waals surface area contributed by atoms with Crippen molar-refractivity contribution in [3.8, 4) is 0 Å². The van der Waals surface area contributed by atoms with Crippen molar-refractivity contribution in [3.63, 3.8) is 0 Å². The second kappa shape index (κ2) is 7.90. The maximum atomic E-state index is 12.9. The van der Waals surface area contributed by atoms with Crippen LogP contribution in [-0.2, 0) is 22.1 Å². The number of carbonyl (C=O) groups excluding carboxylic acids is 2. The molecule has 27 heavy (non-hydrogen) atoms. The predicted octanol–water partition coefficient (Wildman–Crippen LogP) is 4.85. The number of hydrogen-bond acceptors (Lipinski definition) is 3. The predicted molar refractivity (Wildman–Crippen MR) is 95.3 cm³/mol. The maximum Gasteiger partial charge on any atom is 0.416 e. The molecule has 4 nitrogen and oxygen atoms in total. The molecule has 1 saturated heterocycles. The van der Waals surface area contributed by atoms with Gasteiger partial charge in [-0.15, -0.1) is 0 Å². The van der Waals surface area contributed by atoms with Gasteiger partial charge in [0, 0.05) is 18.5 Å². The molecule has 1 aliphatic heterocycles. The molecule has 1 heterocycles. The first kappa shape index (κ1) is 21.3. The topological polar surface area (TPSA) is 46.6 Å². The first-order valence-corrected chi connectivity index (χ1v) is 9.05. The van der Waals surface area contributed by atoms with Crippen molar-refractivity contribution in [1.82, 2.24) is 4.90 Å². The van der Waals surface area contributed by atoms with Gasteiger partial charge < -0.3 is 14.4 Å². The molecule has 0 spiro atoms. The average Bonchev–Trinajstić information content (AvgIpc) is 2.58. The summed E-state index contributed by atoms with van der Waals surface area (Å²) in [4.78, 5) is 25.7. The molecule has 1 aliphatic rings. The Morgan fingerprint density at radius 2 is 2.00 bits per heavy atom. The highest BCUT2D eigenvalue weighted by molar-refractivity contribution is 5.70. The van der Waals surface area contributed by atoms with Crippen LogP contribution in [0.1, 0.15) is 51.2 Å². The van der Waals surface area contributed by atoms with E-state index in [-0.39, 0.29) is 6.54 Å². The van der Waals surface area contributed by atoms with Gasteiger partial charge in [-0.1, -0.05) is 18.2 Å². The van der Waals surface area contributed by atoms with E-state index in [1.165, 1.54) is 11.0 Å². The highest BCUT2D eigenvalue weighted by Crippen LogP contribution is 2.35. The molecule has 0 saturated carbocycles. The van der Waals surface area contributed by atoms with E-state index >= 15 is 0 Å². The molecule has 0 radical (unpaired) electrons. The van der Waals surface area contributed by atoms with Gasteiger partial charge in [0.05, 0.1) is 5.56 Å². The molecule has 1 atom stereocenters. The van der Waals surface area contributed by atoms with Gasteiger partial charge in [0.15, 0.2) is 0 Å². The number of amides is 1. The van der Waals surface area contributed by atoms with Gasteiger partial charge in [-0.25, -0.2) is 4.79 Å². The molecule has 0 aromatic heterocycles. The Balaban J connectivity index is 2.07. The molecule has 2 rings (SSSR count). The van der Waals surface area contributed by atoms with E-state index in [2.05, 4.69) is 0 Å². The lowest BCUT2D eigenvalue weighted by Gasteiger charge is -2.39. The SMILES string of the molecule is CC(C)(C)OC(=O)N1CCCC(C=O)(CCc2cccc(C(F)(F)F)c2)C1. The van der Waals surface area contributed by atoms with Crippen LogP contribution >= 0.6 is 0 Å². The second-order valence-electron chi connectivity index (χ2n) is 8.18. The first-order valence-electron chi connectivity index (χ1n) is 9.05. The standard InChI is InChI=1S/C20H26F3NO3/c1-18(2,3)27-17(26)24-11-5-9-19(13-24,14-25)10-8-15-6-4-7-16(12-15)20(21,22)23/h4,6-7,12,14H,5,8-11,13H2,1-3H3. The Bertz CT molecular complexity index is 682. The number of carbonyl (C=O) groups is 2. The highest BCUT2D eigenvalue weighted by atomic mass is 19.4. The maximum absolute atomic E-state index is 12.9. The van der Waals surface area contributed by atoms with Crippen molar-refractivity contribution in [1.29, 1.82) is 0 Å². The summed E-state index contributed by atoms with van der Waals surface area (Å²) < 4.78 is 44.0.